The SMILES string of the molecule is Cc1ccc(CN(C)[C@H](C)C(=O)Nc2ccc(S(=O)(=O)N3CCOCC3)cc2)o1. The Balaban J connectivity index is 1.60. The minimum absolute atomic E-state index is 0.181. The second-order valence-corrected chi connectivity index (χ2v) is 9.07. The smallest absolute Gasteiger partial charge is 0.243 e. The third-order valence-corrected chi connectivity index (χ3v) is 6.88. The number of carbonyl (C=O) groups excluding carboxylic acids is 1. The highest BCUT2D eigenvalue weighted by atomic mass is 32.2. The quantitative estimate of drug-likeness (QED) is 0.736. The van der Waals surface area contributed by atoms with Crippen molar-refractivity contribution in [2.24, 2.45) is 0 Å². The second-order valence-electron chi connectivity index (χ2n) is 7.13. The van der Waals surface area contributed by atoms with Crippen molar-refractivity contribution in [1.29, 1.82) is 0 Å². The lowest BCUT2D eigenvalue weighted by molar-refractivity contribution is -0.120. The Morgan fingerprint density at radius 3 is 2.41 bits per heavy atom. The first-order valence-corrected chi connectivity index (χ1v) is 11.0. The van der Waals surface area contributed by atoms with Gasteiger partial charge in [0.15, 0.2) is 0 Å². The fourth-order valence-corrected chi connectivity index (χ4v) is 4.45. The van der Waals surface area contributed by atoms with Crippen molar-refractivity contribution in [3.05, 3.63) is 47.9 Å². The van der Waals surface area contributed by atoms with Crippen molar-refractivity contribution in [1.82, 2.24) is 9.21 Å². The van der Waals surface area contributed by atoms with E-state index in [9.17, 15) is 13.2 Å². The Morgan fingerprint density at radius 1 is 1.17 bits per heavy atom. The maximum atomic E-state index is 12.7. The number of aryl methyl sites for hydroxylation is 1. The zero-order chi connectivity index (χ0) is 21.0. The van der Waals surface area contributed by atoms with Gasteiger partial charge in [0.25, 0.3) is 0 Å². The molecule has 1 saturated heterocycles. The summed E-state index contributed by atoms with van der Waals surface area (Å²) in [5.74, 6) is 1.44. The van der Waals surface area contributed by atoms with Gasteiger partial charge in [-0.05, 0) is 57.3 Å². The number of furan rings is 1. The molecule has 2 heterocycles. The highest BCUT2D eigenvalue weighted by molar-refractivity contribution is 7.89. The van der Waals surface area contributed by atoms with E-state index in [4.69, 9.17) is 9.15 Å². The number of ether oxygens (including phenoxy) is 1. The molecule has 0 radical (unpaired) electrons. The lowest BCUT2D eigenvalue weighted by Gasteiger charge is -2.26. The number of anilines is 1. The molecule has 1 aromatic heterocycles. The minimum atomic E-state index is -3.55. The summed E-state index contributed by atoms with van der Waals surface area (Å²) >= 11 is 0. The van der Waals surface area contributed by atoms with Gasteiger partial charge in [0.2, 0.25) is 15.9 Å². The van der Waals surface area contributed by atoms with Crippen molar-refractivity contribution in [2.45, 2.75) is 31.3 Å². The summed E-state index contributed by atoms with van der Waals surface area (Å²) < 4.78 is 37.5. The normalized spacial score (nSPS) is 16.7. The van der Waals surface area contributed by atoms with E-state index >= 15 is 0 Å². The number of hydrogen-bond acceptors (Lipinski definition) is 6. The van der Waals surface area contributed by atoms with E-state index in [1.54, 1.807) is 12.1 Å². The first-order chi connectivity index (χ1) is 13.8. The number of rotatable bonds is 7. The van der Waals surface area contributed by atoms with Crippen LogP contribution < -0.4 is 5.32 Å². The second kappa shape index (κ2) is 9.08. The predicted octanol–water partition coefficient (Wildman–Crippen LogP) is 2.07. The first-order valence-electron chi connectivity index (χ1n) is 9.52. The van der Waals surface area contributed by atoms with E-state index in [1.807, 2.05) is 37.9 Å². The zero-order valence-corrected chi connectivity index (χ0v) is 17.7. The van der Waals surface area contributed by atoms with Gasteiger partial charge in [0, 0.05) is 18.8 Å². The van der Waals surface area contributed by atoms with Crippen LogP contribution in [0, 0.1) is 6.92 Å². The molecule has 1 aromatic carbocycles. The van der Waals surface area contributed by atoms with Gasteiger partial charge >= 0.3 is 0 Å². The van der Waals surface area contributed by atoms with E-state index in [2.05, 4.69) is 5.32 Å². The van der Waals surface area contributed by atoms with E-state index < -0.39 is 16.1 Å². The fourth-order valence-electron chi connectivity index (χ4n) is 3.05. The molecular weight excluding hydrogens is 394 g/mol. The van der Waals surface area contributed by atoms with Crippen LogP contribution in [0.25, 0.3) is 0 Å². The molecule has 0 bridgehead atoms. The third-order valence-electron chi connectivity index (χ3n) is 4.97. The lowest BCUT2D eigenvalue weighted by atomic mass is 10.2. The van der Waals surface area contributed by atoms with Gasteiger partial charge in [-0.25, -0.2) is 8.42 Å². The Kier molecular flexibility index (Phi) is 6.74. The number of benzene rings is 1. The molecule has 3 rings (SSSR count). The minimum Gasteiger partial charge on any atom is -0.465 e. The number of amides is 1. The van der Waals surface area contributed by atoms with Crippen LogP contribution in [0.4, 0.5) is 5.69 Å². The maximum absolute atomic E-state index is 12.7. The molecule has 0 unspecified atom stereocenters. The molecule has 0 aliphatic carbocycles. The van der Waals surface area contributed by atoms with Gasteiger partial charge in [0.05, 0.1) is 30.7 Å². The summed E-state index contributed by atoms with van der Waals surface area (Å²) in [7, 11) is -1.70. The van der Waals surface area contributed by atoms with Gasteiger partial charge in [0.1, 0.15) is 11.5 Å². The number of nitrogens with zero attached hydrogens (tertiary/aromatic N) is 2. The highest BCUT2D eigenvalue weighted by Gasteiger charge is 2.26. The number of hydrogen-bond donors (Lipinski definition) is 1. The Hall–Kier alpha value is -2.20. The summed E-state index contributed by atoms with van der Waals surface area (Å²) in [4.78, 5) is 14.6. The third kappa shape index (κ3) is 5.24. The molecule has 29 heavy (non-hydrogen) atoms. The largest absolute Gasteiger partial charge is 0.465 e. The number of likely N-dealkylation sites (N-methyl/N-ethyl adjacent to an activating group) is 1. The highest BCUT2D eigenvalue weighted by Crippen LogP contribution is 2.20. The Labute approximate surface area is 171 Å². The monoisotopic (exact) mass is 421 g/mol. The van der Waals surface area contributed by atoms with Crippen molar-refractivity contribution < 1.29 is 22.4 Å². The number of nitrogens with one attached hydrogen (secondary N) is 1. The molecule has 0 spiro atoms. The Morgan fingerprint density at radius 2 is 1.83 bits per heavy atom. The average Bonchev–Trinajstić information content (AvgIpc) is 3.13. The van der Waals surface area contributed by atoms with Crippen LogP contribution in [0.5, 0.6) is 0 Å². The number of carbonyl (C=O) groups is 1. The summed E-state index contributed by atoms with van der Waals surface area (Å²) in [6.07, 6.45) is 0. The van der Waals surface area contributed by atoms with Crippen LogP contribution in [0.1, 0.15) is 18.4 Å². The van der Waals surface area contributed by atoms with Crippen LogP contribution in [0.2, 0.25) is 0 Å². The van der Waals surface area contributed by atoms with E-state index in [-0.39, 0.29) is 10.8 Å². The predicted molar refractivity (Wildman–Crippen MR) is 109 cm³/mol. The maximum Gasteiger partial charge on any atom is 0.243 e. The molecule has 2 aromatic rings. The molecule has 158 valence electrons. The molecule has 8 nitrogen and oxygen atoms in total. The number of sulfonamides is 1. The summed E-state index contributed by atoms with van der Waals surface area (Å²) in [5, 5.41) is 2.83. The van der Waals surface area contributed by atoms with Crippen molar-refractivity contribution in [2.75, 3.05) is 38.7 Å². The molecule has 1 aliphatic rings. The standard InChI is InChI=1S/C20H27N3O5S/c1-15-4-7-18(28-15)14-22(3)16(2)20(24)21-17-5-8-19(9-6-17)29(25,26)23-10-12-27-13-11-23/h4-9,16H,10-14H2,1-3H3,(H,21,24)/t16-/m1/s1. The van der Waals surface area contributed by atoms with Crippen LogP contribution in [0.3, 0.4) is 0 Å². The number of morpholine rings is 1. The van der Waals surface area contributed by atoms with Crippen molar-refractivity contribution in [3.63, 3.8) is 0 Å². The lowest BCUT2D eigenvalue weighted by Crippen LogP contribution is -2.40. The van der Waals surface area contributed by atoms with Gasteiger partial charge in [-0.15, -0.1) is 0 Å². The van der Waals surface area contributed by atoms with Crippen molar-refractivity contribution >= 4 is 21.6 Å². The molecule has 1 N–H and O–H groups in total. The van der Waals surface area contributed by atoms with Crippen LogP contribution in [0.15, 0.2) is 45.7 Å². The molecule has 1 aliphatic heterocycles. The van der Waals surface area contributed by atoms with Gasteiger partial charge in [-0.2, -0.15) is 4.31 Å². The molecule has 1 atom stereocenters. The molecule has 1 amide bonds. The average molecular weight is 422 g/mol. The van der Waals surface area contributed by atoms with Crippen LogP contribution in [-0.4, -0.2) is 62.9 Å². The van der Waals surface area contributed by atoms with Crippen LogP contribution in [-0.2, 0) is 26.1 Å². The zero-order valence-electron chi connectivity index (χ0n) is 16.9. The van der Waals surface area contributed by atoms with Gasteiger partial charge in [-0.1, -0.05) is 0 Å². The fraction of sp³-hybridized carbons (Fsp3) is 0.450. The topological polar surface area (TPSA) is 92.1 Å². The molecule has 9 heteroatoms. The van der Waals surface area contributed by atoms with Crippen molar-refractivity contribution in [3.8, 4) is 0 Å². The summed E-state index contributed by atoms with van der Waals surface area (Å²) in [5.41, 5.74) is 0.546. The summed E-state index contributed by atoms with van der Waals surface area (Å²) in [6, 6.07) is 9.63. The van der Waals surface area contributed by atoms with Crippen LogP contribution >= 0.6 is 0 Å². The molecular formula is C20H27N3O5S. The van der Waals surface area contributed by atoms with E-state index in [1.165, 1.54) is 16.4 Å². The van der Waals surface area contributed by atoms with E-state index in [0.29, 0.717) is 38.5 Å². The molecule has 0 saturated carbocycles. The Bertz CT molecular complexity index is 933. The first kappa shape index (κ1) is 21.5. The summed E-state index contributed by atoms with van der Waals surface area (Å²) in [6.45, 7) is 5.69. The van der Waals surface area contributed by atoms with Gasteiger partial charge in [-0.3, -0.25) is 9.69 Å². The van der Waals surface area contributed by atoms with Gasteiger partial charge < -0.3 is 14.5 Å². The van der Waals surface area contributed by atoms with E-state index in [0.717, 1.165) is 11.5 Å². The molecule has 1 fully saturated rings.